The molecule has 9 heteroatoms. The fraction of sp³-hybridized carbons (Fsp3) is 0.367. The highest BCUT2D eigenvalue weighted by atomic mass is 35.5. The van der Waals surface area contributed by atoms with Crippen LogP contribution in [0.25, 0.3) is 17.3 Å². The lowest BCUT2D eigenvalue weighted by molar-refractivity contribution is -0.137. The maximum absolute atomic E-state index is 13.7. The Labute approximate surface area is 231 Å². The standard InChI is InChI=1S/C30H31ClF3N5/c1-20-7-4-5-16-39(20)19-28-37-26-17-23(29-24(30(32,33)34)9-6-14-36-29)12-11-22(26)18-27(38-28)35-15-13-21-8-2-3-10-25(21)31/h2-3,6,8-12,14,17-18,20,27,35H,4-5,7,13,15-16,19H2,1H3. The van der Waals surface area contributed by atoms with Crippen molar-refractivity contribution in [1.82, 2.24) is 15.2 Å². The van der Waals surface area contributed by atoms with Crippen molar-refractivity contribution in [3.63, 3.8) is 0 Å². The molecule has 1 aromatic heterocycles. The van der Waals surface area contributed by atoms with Crippen LogP contribution >= 0.6 is 11.6 Å². The van der Waals surface area contributed by atoms with E-state index in [1.54, 1.807) is 18.2 Å². The van der Waals surface area contributed by atoms with Gasteiger partial charge in [0.15, 0.2) is 0 Å². The lowest BCUT2D eigenvalue weighted by Gasteiger charge is -2.33. The second kappa shape index (κ2) is 12.0. The number of alkyl halides is 3. The molecule has 0 spiro atoms. The summed E-state index contributed by atoms with van der Waals surface area (Å²) in [5, 5.41) is 5.62. The predicted octanol–water partition coefficient (Wildman–Crippen LogP) is 5.27. The summed E-state index contributed by atoms with van der Waals surface area (Å²) in [6.07, 6.45) is 2.71. The van der Waals surface area contributed by atoms with E-state index in [1.165, 1.54) is 18.7 Å². The van der Waals surface area contributed by atoms with Gasteiger partial charge in [-0.2, -0.15) is 13.2 Å². The van der Waals surface area contributed by atoms with Crippen molar-refractivity contribution in [2.45, 2.75) is 51.0 Å². The number of pyridine rings is 1. The number of likely N-dealkylation sites (tertiary alicyclic amines) is 1. The largest absolute Gasteiger partial charge is 0.418 e. The lowest BCUT2D eigenvalue weighted by Crippen LogP contribution is -2.41. The Hall–Kier alpha value is -3.07. The average molecular weight is 554 g/mol. The quantitative estimate of drug-likeness (QED) is 0.434. The maximum atomic E-state index is 13.7. The van der Waals surface area contributed by atoms with Crippen LogP contribution in [0.3, 0.4) is 0 Å². The maximum Gasteiger partial charge on any atom is 0.418 e. The fourth-order valence-electron chi connectivity index (χ4n) is 5.14. The Bertz CT molecular complexity index is 1470. The molecule has 0 saturated carbocycles. The van der Waals surface area contributed by atoms with Crippen molar-refractivity contribution in [3.05, 3.63) is 87.5 Å². The molecular formula is C30H31ClF3N5. The fourth-order valence-corrected chi connectivity index (χ4v) is 5.37. The number of nitrogens with one attached hydrogen (secondary N) is 1. The topological polar surface area (TPSA) is 52.9 Å². The van der Waals surface area contributed by atoms with Crippen LogP contribution in [-0.2, 0) is 12.6 Å². The van der Waals surface area contributed by atoms with Gasteiger partial charge in [0.25, 0.3) is 0 Å². The van der Waals surface area contributed by atoms with Gasteiger partial charge in [-0.15, -0.1) is 0 Å². The molecule has 0 radical (unpaired) electrons. The molecule has 0 bridgehead atoms. The second-order valence-corrected chi connectivity index (χ2v) is 10.5. The number of aliphatic imine (C=N–C) groups is 1. The summed E-state index contributed by atoms with van der Waals surface area (Å²) in [6.45, 7) is 4.42. The minimum Gasteiger partial charge on any atom is -0.293 e. The Morgan fingerprint density at radius 3 is 2.72 bits per heavy atom. The third-order valence-corrected chi connectivity index (χ3v) is 7.65. The molecule has 5 rings (SSSR count). The molecule has 0 amide bonds. The van der Waals surface area contributed by atoms with Crippen LogP contribution in [0, 0.1) is 0 Å². The first-order chi connectivity index (χ1) is 18.8. The number of benzene rings is 2. The Morgan fingerprint density at radius 1 is 1.08 bits per heavy atom. The molecule has 2 atom stereocenters. The molecule has 2 aromatic carbocycles. The van der Waals surface area contributed by atoms with Crippen molar-refractivity contribution >= 4 is 23.5 Å². The molecular weight excluding hydrogens is 523 g/mol. The summed E-state index contributed by atoms with van der Waals surface area (Å²) in [5.41, 5.74) is 0.550. The predicted molar refractivity (Wildman–Crippen MR) is 149 cm³/mol. The number of hydrogen-bond donors (Lipinski definition) is 1. The van der Waals surface area contributed by atoms with Gasteiger partial charge in [0.05, 0.1) is 23.2 Å². The van der Waals surface area contributed by atoms with Crippen LogP contribution in [-0.4, -0.2) is 47.6 Å². The summed E-state index contributed by atoms with van der Waals surface area (Å²) in [6, 6.07) is 15.7. The molecule has 39 heavy (non-hydrogen) atoms. The molecule has 1 fully saturated rings. The first-order valence-electron chi connectivity index (χ1n) is 13.3. The number of hydrogen-bond acceptors (Lipinski definition) is 5. The number of halogens is 4. The zero-order chi connectivity index (χ0) is 27.4. The van der Waals surface area contributed by atoms with E-state index in [4.69, 9.17) is 21.6 Å². The Morgan fingerprint density at radius 2 is 1.92 bits per heavy atom. The van der Waals surface area contributed by atoms with Crippen LogP contribution in [0.5, 0.6) is 0 Å². The second-order valence-electron chi connectivity index (χ2n) is 10.1. The van der Waals surface area contributed by atoms with Gasteiger partial charge in [-0.25, -0.2) is 9.98 Å². The number of piperidine rings is 1. The highest BCUT2D eigenvalue weighted by molar-refractivity contribution is 6.31. The number of rotatable bonds is 7. The molecule has 1 saturated heterocycles. The minimum atomic E-state index is -4.51. The van der Waals surface area contributed by atoms with E-state index in [9.17, 15) is 13.2 Å². The number of amidine groups is 1. The van der Waals surface area contributed by atoms with Gasteiger partial charge in [0.2, 0.25) is 0 Å². The summed E-state index contributed by atoms with van der Waals surface area (Å²) >= 11 is 6.33. The zero-order valence-electron chi connectivity index (χ0n) is 21.8. The molecule has 3 aromatic rings. The molecule has 2 unspecified atom stereocenters. The third-order valence-electron chi connectivity index (χ3n) is 7.28. The lowest BCUT2D eigenvalue weighted by atomic mass is 10.0. The Balaban J connectivity index is 1.48. The normalized spacial score (nSPS) is 19.9. The van der Waals surface area contributed by atoms with Crippen LogP contribution in [0.2, 0.25) is 5.02 Å². The SMILES string of the molecule is CC1CCCCN1CC1=NC(NCCc2ccccc2Cl)C=c2ccc(-c3ncccc3C(F)(F)F)cc2=N1. The Kier molecular flexibility index (Phi) is 8.45. The van der Waals surface area contributed by atoms with Crippen molar-refractivity contribution in [3.8, 4) is 11.3 Å². The average Bonchev–Trinajstić information content (AvgIpc) is 3.08. The van der Waals surface area contributed by atoms with Crippen LogP contribution in [0.1, 0.15) is 37.3 Å². The van der Waals surface area contributed by atoms with Crippen LogP contribution in [0.4, 0.5) is 13.2 Å². The van der Waals surface area contributed by atoms with Gasteiger partial charge in [0, 0.05) is 29.4 Å². The van der Waals surface area contributed by atoms with E-state index in [2.05, 4.69) is 22.1 Å². The number of fused-ring (bicyclic) bond motifs is 1. The van der Waals surface area contributed by atoms with E-state index < -0.39 is 11.7 Å². The molecule has 3 heterocycles. The zero-order valence-corrected chi connectivity index (χ0v) is 22.5. The van der Waals surface area contributed by atoms with Gasteiger partial charge in [-0.05, 0) is 73.9 Å². The molecule has 2 aliphatic heterocycles. The van der Waals surface area contributed by atoms with Gasteiger partial charge in [0.1, 0.15) is 12.0 Å². The molecule has 204 valence electrons. The van der Waals surface area contributed by atoms with Crippen LogP contribution < -0.4 is 15.9 Å². The van der Waals surface area contributed by atoms with E-state index in [1.807, 2.05) is 30.3 Å². The molecule has 1 N–H and O–H groups in total. The van der Waals surface area contributed by atoms with Crippen molar-refractivity contribution < 1.29 is 13.2 Å². The van der Waals surface area contributed by atoms with E-state index >= 15 is 0 Å². The molecule has 2 aliphatic rings. The first kappa shape index (κ1) is 27.5. The highest BCUT2D eigenvalue weighted by Gasteiger charge is 2.34. The summed E-state index contributed by atoms with van der Waals surface area (Å²) < 4.78 is 41.1. The number of nitrogens with zero attached hydrogens (tertiary/aromatic N) is 4. The van der Waals surface area contributed by atoms with E-state index in [0.717, 1.165) is 47.7 Å². The first-order valence-corrected chi connectivity index (χ1v) is 13.7. The van der Waals surface area contributed by atoms with E-state index in [0.29, 0.717) is 35.9 Å². The van der Waals surface area contributed by atoms with Crippen LogP contribution in [0.15, 0.2) is 70.8 Å². The number of aromatic nitrogens is 1. The highest BCUT2D eigenvalue weighted by Crippen LogP contribution is 2.35. The van der Waals surface area contributed by atoms with E-state index in [-0.39, 0.29) is 11.9 Å². The van der Waals surface area contributed by atoms with Crippen molar-refractivity contribution in [2.24, 2.45) is 9.98 Å². The molecule has 0 aliphatic carbocycles. The monoisotopic (exact) mass is 553 g/mol. The van der Waals surface area contributed by atoms with Gasteiger partial charge < -0.3 is 0 Å². The molecule has 5 nitrogen and oxygen atoms in total. The minimum absolute atomic E-state index is 0.107. The van der Waals surface area contributed by atoms with Crippen molar-refractivity contribution in [2.75, 3.05) is 19.6 Å². The van der Waals surface area contributed by atoms with Gasteiger partial charge in [-0.3, -0.25) is 15.2 Å². The summed E-state index contributed by atoms with van der Waals surface area (Å²) in [4.78, 5) is 16.3. The van der Waals surface area contributed by atoms with Gasteiger partial charge in [-0.1, -0.05) is 48.4 Å². The smallest absolute Gasteiger partial charge is 0.293 e. The van der Waals surface area contributed by atoms with Gasteiger partial charge >= 0.3 is 6.18 Å². The summed E-state index contributed by atoms with van der Waals surface area (Å²) in [5.74, 6) is 0.656. The summed E-state index contributed by atoms with van der Waals surface area (Å²) in [7, 11) is 0. The van der Waals surface area contributed by atoms with Crippen molar-refractivity contribution in [1.29, 1.82) is 0 Å². The third kappa shape index (κ3) is 6.75.